The molecule has 5 heteroatoms. The lowest BCUT2D eigenvalue weighted by atomic mass is 10.0. The van der Waals surface area contributed by atoms with Gasteiger partial charge >= 0.3 is 0 Å². The fourth-order valence-corrected chi connectivity index (χ4v) is 3.02. The van der Waals surface area contributed by atoms with Gasteiger partial charge in [-0.2, -0.15) is 0 Å². The van der Waals surface area contributed by atoms with Gasteiger partial charge in [0.05, 0.1) is 18.8 Å². The van der Waals surface area contributed by atoms with Crippen LogP contribution in [-0.2, 0) is 6.54 Å². The predicted octanol–water partition coefficient (Wildman–Crippen LogP) is 3.74. The summed E-state index contributed by atoms with van der Waals surface area (Å²) in [5.41, 5.74) is 6.43. The number of furan rings is 1. The van der Waals surface area contributed by atoms with Gasteiger partial charge in [0.25, 0.3) is 0 Å². The van der Waals surface area contributed by atoms with E-state index in [1.807, 2.05) is 12.1 Å². The molecule has 0 aliphatic heterocycles. The van der Waals surface area contributed by atoms with Gasteiger partial charge in [0.15, 0.2) is 0 Å². The van der Waals surface area contributed by atoms with E-state index in [0.717, 1.165) is 18.6 Å². The van der Waals surface area contributed by atoms with Gasteiger partial charge in [-0.05, 0) is 37.1 Å². The molecular formula is C16H18ClFN2O. The summed E-state index contributed by atoms with van der Waals surface area (Å²) >= 11 is 6.21. The maximum atomic E-state index is 14.2. The molecule has 1 aliphatic rings. The third kappa shape index (κ3) is 3.12. The molecule has 0 saturated heterocycles. The number of rotatable bonds is 6. The fraction of sp³-hybridized carbons (Fsp3) is 0.375. The van der Waals surface area contributed by atoms with E-state index in [4.69, 9.17) is 21.8 Å². The van der Waals surface area contributed by atoms with E-state index in [-0.39, 0.29) is 11.9 Å². The second-order valence-electron chi connectivity index (χ2n) is 5.37. The second-order valence-corrected chi connectivity index (χ2v) is 5.78. The summed E-state index contributed by atoms with van der Waals surface area (Å²) in [6.07, 6.45) is 3.85. The van der Waals surface area contributed by atoms with Crippen LogP contribution in [0.1, 0.15) is 30.2 Å². The number of nitrogens with two attached hydrogens (primary N) is 1. The first-order valence-electron chi connectivity index (χ1n) is 7.12. The van der Waals surface area contributed by atoms with Crippen molar-refractivity contribution >= 4 is 11.6 Å². The average Bonchev–Trinajstić information content (AvgIpc) is 3.18. The van der Waals surface area contributed by atoms with Crippen LogP contribution in [-0.4, -0.2) is 17.5 Å². The molecule has 2 aromatic rings. The van der Waals surface area contributed by atoms with Crippen LogP contribution in [0.4, 0.5) is 4.39 Å². The van der Waals surface area contributed by atoms with Gasteiger partial charge < -0.3 is 10.2 Å². The van der Waals surface area contributed by atoms with Crippen molar-refractivity contribution in [1.29, 1.82) is 0 Å². The Labute approximate surface area is 128 Å². The Balaban J connectivity index is 1.92. The van der Waals surface area contributed by atoms with Crippen LogP contribution in [0.5, 0.6) is 0 Å². The number of nitrogens with zero attached hydrogens (tertiary/aromatic N) is 1. The Morgan fingerprint density at radius 1 is 1.33 bits per heavy atom. The molecule has 1 aromatic carbocycles. The van der Waals surface area contributed by atoms with Gasteiger partial charge in [-0.3, -0.25) is 4.90 Å². The Kier molecular flexibility index (Phi) is 4.29. The van der Waals surface area contributed by atoms with E-state index in [9.17, 15) is 4.39 Å². The first kappa shape index (κ1) is 14.6. The van der Waals surface area contributed by atoms with Crippen molar-refractivity contribution in [2.75, 3.05) is 6.54 Å². The summed E-state index contributed by atoms with van der Waals surface area (Å²) in [6.45, 7) is 0.933. The van der Waals surface area contributed by atoms with Gasteiger partial charge in [0.1, 0.15) is 11.6 Å². The minimum absolute atomic E-state index is 0.240. The lowest BCUT2D eigenvalue weighted by Crippen LogP contribution is -2.35. The number of hydrogen-bond donors (Lipinski definition) is 1. The van der Waals surface area contributed by atoms with Crippen molar-refractivity contribution in [2.45, 2.75) is 31.5 Å². The molecule has 1 aromatic heterocycles. The Hall–Kier alpha value is -1.36. The highest BCUT2D eigenvalue weighted by atomic mass is 35.5. The third-order valence-corrected chi connectivity index (χ3v) is 4.22. The highest BCUT2D eigenvalue weighted by molar-refractivity contribution is 6.31. The monoisotopic (exact) mass is 308 g/mol. The van der Waals surface area contributed by atoms with E-state index >= 15 is 0 Å². The summed E-state index contributed by atoms with van der Waals surface area (Å²) in [5.74, 6) is 0.552. The molecule has 1 aliphatic carbocycles. The molecular weight excluding hydrogens is 291 g/mol. The van der Waals surface area contributed by atoms with Gasteiger partial charge in [-0.1, -0.05) is 17.7 Å². The maximum absolute atomic E-state index is 14.2. The van der Waals surface area contributed by atoms with Crippen LogP contribution >= 0.6 is 11.6 Å². The summed E-state index contributed by atoms with van der Waals surface area (Å²) < 4.78 is 19.6. The Morgan fingerprint density at radius 3 is 2.71 bits per heavy atom. The zero-order chi connectivity index (χ0) is 14.8. The van der Waals surface area contributed by atoms with Gasteiger partial charge in [-0.15, -0.1) is 0 Å². The van der Waals surface area contributed by atoms with E-state index in [1.165, 1.54) is 6.07 Å². The predicted molar refractivity (Wildman–Crippen MR) is 80.5 cm³/mol. The first-order valence-corrected chi connectivity index (χ1v) is 7.50. The van der Waals surface area contributed by atoms with Gasteiger partial charge in [0, 0.05) is 23.2 Å². The SMILES string of the molecule is NCC(c1c(F)cccc1Cl)N(Cc1ccco1)C1CC1. The van der Waals surface area contributed by atoms with Gasteiger partial charge in [0.2, 0.25) is 0 Å². The molecule has 0 spiro atoms. The fourth-order valence-electron chi connectivity index (χ4n) is 2.73. The standard InChI is InChI=1S/C16H18ClFN2O/c17-13-4-1-5-14(18)16(13)15(9-19)20(11-6-7-11)10-12-3-2-8-21-12/h1-5,8,11,15H,6-7,9-10,19H2. The number of hydrogen-bond acceptors (Lipinski definition) is 3. The Bertz CT molecular complexity index is 578. The van der Waals surface area contributed by atoms with Crippen LogP contribution in [0, 0.1) is 5.82 Å². The van der Waals surface area contributed by atoms with Crippen molar-refractivity contribution in [3.63, 3.8) is 0 Å². The summed E-state index contributed by atoms with van der Waals surface area (Å²) in [4.78, 5) is 2.20. The van der Waals surface area contributed by atoms with Crippen molar-refractivity contribution in [3.05, 3.63) is 58.8 Å². The zero-order valence-corrected chi connectivity index (χ0v) is 12.4. The summed E-state index contributed by atoms with van der Waals surface area (Å²) in [7, 11) is 0. The normalized spacial score (nSPS) is 16.4. The maximum Gasteiger partial charge on any atom is 0.129 e. The number of benzene rings is 1. The zero-order valence-electron chi connectivity index (χ0n) is 11.6. The average molecular weight is 309 g/mol. The van der Waals surface area contributed by atoms with Crippen LogP contribution in [0.3, 0.4) is 0 Å². The molecule has 1 unspecified atom stereocenters. The molecule has 1 heterocycles. The summed E-state index contributed by atoms with van der Waals surface area (Å²) in [5, 5.41) is 0.426. The largest absolute Gasteiger partial charge is 0.468 e. The highest BCUT2D eigenvalue weighted by Crippen LogP contribution is 2.38. The number of halogens is 2. The van der Waals surface area contributed by atoms with E-state index in [1.54, 1.807) is 18.4 Å². The summed E-state index contributed by atoms with van der Waals surface area (Å²) in [6, 6.07) is 8.71. The Morgan fingerprint density at radius 2 is 2.14 bits per heavy atom. The van der Waals surface area contributed by atoms with Crippen LogP contribution in [0.15, 0.2) is 41.0 Å². The second kappa shape index (κ2) is 6.18. The molecule has 0 bridgehead atoms. The highest BCUT2D eigenvalue weighted by Gasteiger charge is 2.36. The van der Waals surface area contributed by atoms with Crippen molar-refractivity contribution < 1.29 is 8.81 Å². The molecule has 3 rings (SSSR count). The lowest BCUT2D eigenvalue weighted by molar-refractivity contribution is 0.165. The third-order valence-electron chi connectivity index (χ3n) is 3.89. The molecule has 0 amide bonds. The molecule has 112 valence electrons. The van der Waals surface area contributed by atoms with E-state index in [0.29, 0.717) is 29.7 Å². The molecule has 21 heavy (non-hydrogen) atoms. The lowest BCUT2D eigenvalue weighted by Gasteiger charge is -2.31. The van der Waals surface area contributed by atoms with Crippen LogP contribution in [0.2, 0.25) is 5.02 Å². The smallest absolute Gasteiger partial charge is 0.129 e. The molecule has 2 N–H and O–H groups in total. The minimum Gasteiger partial charge on any atom is -0.468 e. The van der Waals surface area contributed by atoms with Crippen LogP contribution in [0.25, 0.3) is 0 Å². The van der Waals surface area contributed by atoms with Crippen molar-refractivity contribution in [2.24, 2.45) is 5.73 Å². The van der Waals surface area contributed by atoms with Crippen molar-refractivity contribution in [3.8, 4) is 0 Å². The van der Waals surface area contributed by atoms with Crippen molar-refractivity contribution in [1.82, 2.24) is 4.90 Å². The topological polar surface area (TPSA) is 42.4 Å². The quantitative estimate of drug-likeness (QED) is 0.884. The van der Waals surface area contributed by atoms with Crippen LogP contribution < -0.4 is 5.73 Å². The first-order chi connectivity index (χ1) is 10.2. The molecule has 1 atom stereocenters. The molecule has 1 saturated carbocycles. The molecule has 0 radical (unpaired) electrons. The van der Waals surface area contributed by atoms with E-state index < -0.39 is 0 Å². The van der Waals surface area contributed by atoms with E-state index in [2.05, 4.69) is 4.90 Å². The molecule has 1 fully saturated rings. The van der Waals surface area contributed by atoms with Gasteiger partial charge in [-0.25, -0.2) is 4.39 Å². The molecule has 3 nitrogen and oxygen atoms in total. The minimum atomic E-state index is -0.303.